The van der Waals surface area contributed by atoms with Gasteiger partial charge in [0.2, 0.25) is 34.8 Å². The Labute approximate surface area is 303 Å². The van der Waals surface area contributed by atoms with Crippen molar-refractivity contribution < 1.29 is 83.5 Å². The predicted molar refractivity (Wildman–Crippen MR) is 174 cm³/mol. The zero-order valence-electron chi connectivity index (χ0n) is 26.6. The molecule has 0 heterocycles. The molecule has 0 saturated carbocycles. The number of fused-ring (bicyclic) bond motifs is 2. The lowest BCUT2D eigenvalue weighted by molar-refractivity contribution is 0.362. The predicted octanol–water partition coefficient (Wildman–Crippen LogP) is 8.41. The molecule has 0 saturated heterocycles. The van der Waals surface area contributed by atoms with Gasteiger partial charge in [0.05, 0.1) is 25.8 Å². The highest BCUT2D eigenvalue weighted by molar-refractivity contribution is 7.86. The maximum absolute atomic E-state index is 15.5. The Kier molecular flexibility index (Phi) is 9.59. The molecular formula is C33H16F8O11S3. The van der Waals surface area contributed by atoms with Gasteiger partial charge in [-0.3, -0.25) is 13.7 Å². The number of aryl methyl sites for hydroxylation is 1. The quantitative estimate of drug-likeness (QED) is 0.0761. The van der Waals surface area contributed by atoms with Crippen molar-refractivity contribution in [3.05, 3.63) is 113 Å². The summed E-state index contributed by atoms with van der Waals surface area (Å²) in [6, 6.07) is 8.50. The van der Waals surface area contributed by atoms with Crippen LogP contribution in [0.1, 0.15) is 5.56 Å². The number of halogens is 8. The summed E-state index contributed by atoms with van der Waals surface area (Å²) in [7, 11) is -15.2. The first-order valence-corrected chi connectivity index (χ1v) is 18.8. The van der Waals surface area contributed by atoms with E-state index in [1.54, 1.807) is 6.92 Å². The van der Waals surface area contributed by atoms with Crippen LogP contribution in [-0.4, -0.2) is 38.9 Å². The van der Waals surface area contributed by atoms with Gasteiger partial charge in [-0.1, -0.05) is 23.8 Å². The fourth-order valence-electron chi connectivity index (χ4n) is 5.40. The molecular weight excluding hydrogens is 821 g/mol. The Morgan fingerprint density at radius 2 is 0.764 bits per heavy atom. The van der Waals surface area contributed by atoms with Crippen LogP contribution in [0.15, 0.2) is 75.4 Å². The lowest BCUT2D eigenvalue weighted by Crippen LogP contribution is -2.09. The van der Waals surface area contributed by atoms with Gasteiger partial charge >= 0.3 is 0 Å². The molecule has 0 unspecified atom stereocenters. The third kappa shape index (κ3) is 7.02. The SMILES string of the molecule is Cc1ccc2c(Oc3c(F)c(F)c(-c4c(F)c(F)c(Oc5cc(S(=O)(=O)O)cc6cc(S(=O)(=O)O)ccc56)c(F)c4F)c(F)c3F)cc(S(=O)(=O)O)cc2c1. The van der Waals surface area contributed by atoms with Gasteiger partial charge in [-0.25, -0.2) is 17.6 Å². The van der Waals surface area contributed by atoms with E-state index in [9.17, 15) is 38.9 Å². The van der Waals surface area contributed by atoms with Gasteiger partial charge in [0.1, 0.15) is 11.5 Å². The van der Waals surface area contributed by atoms with E-state index in [4.69, 9.17) is 9.47 Å². The summed E-state index contributed by atoms with van der Waals surface area (Å²) in [5.41, 5.74) is -4.19. The molecule has 11 nitrogen and oxygen atoms in total. The average Bonchev–Trinajstić information content (AvgIpc) is 3.09. The summed E-state index contributed by atoms with van der Waals surface area (Å²) in [6.07, 6.45) is 0. The smallest absolute Gasteiger partial charge is 0.294 e. The molecule has 55 heavy (non-hydrogen) atoms. The number of rotatable bonds is 8. The summed E-state index contributed by atoms with van der Waals surface area (Å²) in [5.74, 6) is -27.0. The molecule has 0 radical (unpaired) electrons. The van der Waals surface area contributed by atoms with E-state index in [1.807, 2.05) is 0 Å². The molecule has 0 aliphatic carbocycles. The molecule has 0 amide bonds. The summed E-state index contributed by atoms with van der Waals surface area (Å²) >= 11 is 0. The number of hydrogen-bond acceptors (Lipinski definition) is 8. The highest BCUT2D eigenvalue weighted by Crippen LogP contribution is 2.45. The first-order chi connectivity index (χ1) is 25.4. The molecule has 0 aliphatic rings. The maximum atomic E-state index is 15.5. The van der Waals surface area contributed by atoms with Crippen molar-refractivity contribution in [1.29, 1.82) is 0 Å². The second-order valence-corrected chi connectivity index (χ2v) is 15.8. The first-order valence-electron chi connectivity index (χ1n) is 14.5. The Morgan fingerprint density at radius 3 is 1.13 bits per heavy atom. The van der Waals surface area contributed by atoms with E-state index in [0.29, 0.717) is 35.9 Å². The highest BCUT2D eigenvalue weighted by atomic mass is 32.2. The monoisotopic (exact) mass is 836 g/mol. The number of benzene rings is 6. The van der Waals surface area contributed by atoms with Crippen LogP contribution in [0, 0.1) is 53.5 Å². The Bertz CT molecular complexity index is 2950. The lowest BCUT2D eigenvalue weighted by Gasteiger charge is -2.17. The Morgan fingerprint density at radius 1 is 0.436 bits per heavy atom. The highest BCUT2D eigenvalue weighted by Gasteiger charge is 2.36. The van der Waals surface area contributed by atoms with Crippen LogP contribution in [0.5, 0.6) is 23.0 Å². The largest absolute Gasteiger partial charge is 0.450 e. The minimum absolute atomic E-state index is 0.0125. The van der Waals surface area contributed by atoms with Gasteiger partial charge in [-0.15, -0.1) is 0 Å². The van der Waals surface area contributed by atoms with Crippen molar-refractivity contribution in [3.8, 4) is 34.1 Å². The molecule has 0 fully saturated rings. The van der Waals surface area contributed by atoms with E-state index >= 15 is 35.1 Å². The van der Waals surface area contributed by atoms with Crippen LogP contribution >= 0.6 is 0 Å². The second kappa shape index (κ2) is 13.4. The van der Waals surface area contributed by atoms with Crippen molar-refractivity contribution in [1.82, 2.24) is 0 Å². The molecule has 0 atom stereocenters. The van der Waals surface area contributed by atoms with E-state index in [0.717, 1.165) is 12.1 Å². The average molecular weight is 837 g/mol. The van der Waals surface area contributed by atoms with E-state index in [1.165, 1.54) is 18.2 Å². The van der Waals surface area contributed by atoms with E-state index in [2.05, 4.69) is 0 Å². The zero-order valence-corrected chi connectivity index (χ0v) is 29.1. The minimum Gasteiger partial charge on any atom is -0.450 e. The van der Waals surface area contributed by atoms with Crippen molar-refractivity contribution in [2.24, 2.45) is 0 Å². The topological polar surface area (TPSA) is 182 Å². The summed E-state index contributed by atoms with van der Waals surface area (Å²) in [5, 5.41) is -1.09. The van der Waals surface area contributed by atoms with Crippen LogP contribution in [0.3, 0.4) is 0 Å². The van der Waals surface area contributed by atoms with Gasteiger partial charge in [0, 0.05) is 22.9 Å². The summed E-state index contributed by atoms with van der Waals surface area (Å²) < 4.78 is 233. The normalized spacial score (nSPS) is 12.4. The minimum atomic E-state index is -5.23. The molecule has 0 aliphatic heterocycles. The summed E-state index contributed by atoms with van der Waals surface area (Å²) in [6.45, 7) is 1.55. The lowest BCUT2D eigenvalue weighted by atomic mass is 10.0. The standard InChI is InChI=1S/C33H16F8O11S3/c1-12-2-4-18-13(6-12)8-16(54(45,46)47)10-20(18)51-32-28(38)24(34)22(25(35)29(32)39)23-26(36)30(40)33(31(41)27(23)37)52-21-11-17(55(48,49)50)9-14-7-15(53(42,43)44)3-5-19(14)21/h2-11H,1H3,(H,42,43,44)(H,45,46,47)(H,48,49,50). The fourth-order valence-corrected chi connectivity index (χ4v) is 6.98. The molecule has 0 bridgehead atoms. The molecule has 288 valence electrons. The number of hydrogen-bond donors (Lipinski definition) is 3. The third-order valence-corrected chi connectivity index (χ3v) is 10.4. The maximum Gasteiger partial charge on any atom is 0.294 e. The van der Waals surface area contributed by atoms with Gasteiger partial charge in [-0.2, -0.15) is 42.8 Å². The first kappa shape index (κ1) is 39.3. The van der Waals surface area contributed by atoms with Crippen molar-refractivity contribution in [3.63, 3.8) is 0 Å². The second-order valence-electron chi connectivity index (χ2n) is 11.5. The third-order valence-electron chi connectivity index (χ3n) is 7.92. The summed E-state index contributed by atoms with van der Waals surface area (Å²) in [4.78, 5) is -2.88. The van der Waals surface area contributed by atoms with E-state index < -0.39 is 136 Å². The van der Waals surface area contributed by atoms with Crippen LogP contribution < -0.4 is 9.47 Å². The van der Waals surface area contributed by atoms with Crippen LogP contribution in [-0.2, 0) is 30.4 Å². The van der Waals surface area contributed by atoms with Gasteiger partial charge in [0.25, 0.3) is 30.4 Å². The molecule has 0 spiro atoms. The molecule has 6 rings (SSSR count). The molecule has 22 heteroatoms. The van der Waals surface area contributed by atoms with Crippen LogP contribution in [0.4, 0.5) is 35.1 Å². The molecule has 3 N–H and O–H groups in total. The van der Waals surface area contributed by atoms with Gasteiger partial charge in [0.15, 0.2) is 23.3 Å². The van der Waals surface area contributed by atoms with Crippen molar-refractivity contribution in [2.75, 3.05) is 0 Å². The van der Waals surface area contributed by atoms with E-state index in [-0.39, 0.29) is 10.8 Å². The van der Waals surface area contributed by atoms with Crippen molar-refractivity contribution >= 4 is 51.9 Å². The Hall–Kier alpha value is -5.39. The zero-order chi connectivity index (χ0) is 40.7. The molecule has 6 aromatic carbocycles. The van der Waals surface area contributed by atoms with Crippen molar-refractivity contribution in [2.45, 2.75) is 21.6 Å². The van der Waals surface area contributed by atoms with Crippen LogP contribution in [0.2, 0.25) is 0 Å². The fraction of sp³-hybridized carbons (Fsp3) is 0.0303. The number of ether oxygens (including phenoxy) is 2. The Balaban J connectivity index is 1.50. The van der Waals surface area contributed by atoms with Crippen LogP contribution in [0.25, 0.3) is 32.7 Å². The molecule has 6 aromatic rings. The molecule has 0 aromatic heterocycles. The van der Waals surface area contributed by atoms with Gasteiger partial charge < -0.3 is 9.47 Å². The van der Waals surface area contributed by atoms with Gasteiger partial charge in [-0.05, 0) is 48.0 Å².